The molecular formula is C29H36ClFN2O5Si. The lowest BCUT2D eigenvalue weighted by Gasteiger charge is -2.41. The van der Waals surface area contributed by atoms with E-state index in [0.29, 0.717) is 18.6 Å². The topological polar surface area (TPSA) is 85.3 Å². The Morgan fingerprint density at radius 3 is 2.56 bits per heavy atom. The van der Waals surface area contributed by atoms with Gasteiger partial charge in [-0.15, -0.1) is 0 Å². The summed E-state index contributed by atoms with van der Waals surface area (Å²) in [7, 11) is -0.698. The average molecular weight is 575 g/mol. The van der Waals surface area contributed by atoms with Crippen LogP contribution < -0.4 is 0 Å². The van der Waals surface area contributed by atoms with Crippen LogP contribution in [0.3, 0.4) is 0 Å². The Morgan fingerprint density at radius 1 is 1.26 bits per heavy atom. The molecule has 3 heterocycles. The maximum Gasteiger partial charge on any atom is 0.314 e. The standard InChI is InChI=1S/C29H36ClFN2O5Si/c1-28(2,3)39(5,6)38-10-7-20-26(35)33-15-19(27(36)37-4)23-17-11-16(34)12-22(31)24(17)21(30)14-32-13-18(23)25(33)29(20)8-9-29/h11-12,14,19-20,25H,7-10,13,15H2,1-6H3/b24-21-,32-14?. The number of hydrogen-bond acceptors (Lipinski definition) is 6. The first kappa shape index (κ1) is 28.2. The second-order valence-electron chi connectivity index (χ2n) is 12.7. The maximum atomic E-state index is 15.2. The Bertz CT molecular complexity index is 1300. The normalized spacial score (nSPS) is 29.8. The van der Waals surface area contributed by atoms with Crippen LogP contribution in [0, 0.1) is 17.3 Å². The lowest BCUT2D eigenvalue weighted by Crippen LogP contribution is -2.49. The van der Waals surface area contributed by atoms with Crippen molar-refractivity contribution in [2.24, 2.45) is 22.2 Å². The Labute approximate surface area is 235 Å². The average Bonchev–Trinajstić information content (AvgIpc) is 3.59. The second kappa shape index (κ2) is 9.63. The predicted molar refractivity (Wildman–Crippen MR) is 149 cm³/mol. The highest BCUT2D eigenvalue weighted by molar-refractivity contribution is 6.74. The van der Waals surface area contributed by atoms with Crippen molar-refractivity contribution in [1.29, 1.82) is 0 Å². The van der Waals surface area contributed by atoms with E-state index in [9.17, 15) is 14.4 Å². The Kier molecular flexibility index (Phi) is 6.96. The summed E-state index contributed by atoms with van der Waals surface area (Å²) >= 11 is 6.44. The minimum Gasteiger partial charge on any atom is -0.468 e. The van der Waals surface area contributed by atoms with Crippen LogP contribution in [-0.2, 0) is 23.5 Å². The fourth-order valence-electron chi connectivity index (χ4n) is 6.48. The third kappa shape index (κ3) is 4.50. The van der Waals surface area contributed by atoms with Crippen LogP contribution in [0.5, 0.6) is 0 Å². The fraction of sp³-hybridized carbons (Fsp3) is 0.586. The molecule has 1 saturated carbocycles. The van der Waals surface area contributed by atoms with E-state index in [0.717, 1.165) is 24.5 Å². The highest BCUT2D eigenvalue weighted by Crippen LogP contribution is 2.65. The largest absolute Gasteiger partial charge is 0.468 e. The molecule has 10 heteroatoms. The third-order valence-electron chi connectivity index (χ3n) is 9.58. The van der Waals surface area contributed by atoms with E-state index < -0.39 is 31.8 Å². The van der Waals surface area contributed by atoms with Gasteiger partial charge in [0.25, 0.3) is 0 Å². The number of carbonyl (C=O) groups excluding carboxylic acids is 3. The predicted octanol–water partition coefficient (Wildman–Crippen LogP) is 5.04. The molecule has 39 heavy (non-hydrogen) atoms. The number of fused-ring (bicyclic) bond motifs is 5. The smallest absolute Gasteiger partial charge is 0.314 e. The molecule has 1 saturated heterocycles. The van der Waals surface area contributed by atoms with Crippen molar-refractivity contribution in [2.45, 2.75) is 64.2 Å². The molecule has 3 unspecified atom stereocenters. The molecule has 2 aliphatic carbocycles. The monoisotopic (exact) mass is 574 g/mol. The minimum atomic E-state index is -1.99. The molecule has 0 aromatic carbocycles. The fourth-order valence-corrected chi connectivity index (χ4v) is 7.80. The summed E-state index contributed by atoms with van der Waals surface area (Å²) in [6.07, 6.45) is 5.95. The Hall–Kier alpha value is -2.36. The van der Waals surface area contributed by atoms with E-state index in [-0.39, 0.29) is 57.6 Å². The second-order valence-corrected chi connectivity index (χ2v) is 18.0. The van der Waals surface area contributed by atoms with Crippen LogP contribution in [0.4, 0.5) is 4.39 Å². The van der Waals surface area contributed by atoms with Crippen LogP contribution in [-0.4, -0.2) is 69.9 Å². The van der Waals surface area contributed by atoms with Gasteiger partial charge < -0.3 is 14.1 Å². The van der Waals surface area contributed by atoms with E-state index in [1.807, 2.05) is 4.90 Å². The van der Waals surface area contributed by atoms with Gasteiger partial charge in [0.05, 0.1) is 24.7 Å². The van der Waals surface area contributed by atoms with Gasteiger partial charge in [-0.25, -0.2) is 4.39 Å². The minimum absolute atomic E-state index is 0.0106. The van der Waals surface area contributed by atoms with Crippen LogP contribution in [0.15, 0.2) is 50.3 Å². The van der Waals surface area contributed by atoms with Crippen LogP contribution in [0.25, 0.3) is 0 Å². The molecule has 0 radical (unpaired) electrons. The highest BCUT2D eigenvalue weighted by atomic mass is 35.5. The zero-order valence-corrected chi connectivity index (χ0v) is 25.2. The molecule has 1 amide bonds. The van der Waals surface area contributed by atoms with Gasteiger partial charge in [0.15, 0.2) is 14.1 Å². The van der Waals surface area contributed by atoms with Crippen molar-refractivity contribution >= 4 is 43.8 Å². The maximum absolute atomic E-state index is 15.2. The zero-order valence-electron chi connectivity index (χ0n) is 23.4. The number of halogens is 2. The van der Waals surface area contributed by atoms with E-state index in [1.54, 1.807) is 0 Å². The van der Waals surface area contributed by atoms with Crippen LogP contribution >= 0.6 is 11.6 Å². The van der Waals surface area contributed by atoms with Crippen molar-refractivity contribution in [3.05, 3.63) is 45.3 Å². The van der Waals surface area contributed by atoms with E-state index in [4.69, 9.17) is 20.8 Å². The molecule has 5 aliphatic rings. The number of hydrogen-bond donors (Lipinski definition) is 0. The highest BCUT2D eigenvalue weighted by Gasteiger charge is 2.68. The van der Waals surface area contributed by atoms with Crippen molar-refractivity contribution in [1.82, 2.24) is 4.90 Å². The molecular weight excluding hydrogens is 539 g/mol. The van der Waals surface area contributed by atoms with Gasteiger partial charge in [0, 0.05) is 42.3 Å². The van der Waals surface area contributed by atoms with Gasteiger partial charge in [-0.2, -0.15) is 0 Å². The summed E-state index contributed by atoms with van der Waals surface area (Å²) in [6, 6.07) is -0.293. The first-order chi connectivity index (χ1) is 18.2. The quantitative estimate of drug-likeness (QED) is 0.339. The van der Waals surface area contributed by atoms with Crippen LogP contribution in [0.2, 0.25) is 18.1 Å². The number of rotatable bonds is 5. The summed E-state index contributed by atoms with van der Waals surface area (Å²) in [6.45, 7) is 11.8. The number of nitrogens with zero attached hydrogens (tertiary/aromatic N) is 2. The molecule has 0 aromatic heterocycles. The van der Waals surface area contributed by atoms with E-state index in [2.05, 4.69) is 38.9 Å². The van der Waals surface area contributed by atoms with E-state index >= 15 is 4.39 Å². The molecule has 3 aliphatic heterocycles. The van der Waals surface area contributed by atoms with Crippen molar-refractivity contribution < 1.29 is 27.9 Å². The number of allylic oxidation sites excluding steroid dienone is 6. The molecule has 3 atom stereocenters. The number of methoxy groups -OCH3 is 1. The van der Waals surface area contributed by atoms with Gasteiger partial charge in [-0.3, -0.25) is 19.4 Å². The molecule has 0 N–H and O–H groups in total. The number of carbonyl (C=O) groups is 3. The van der Waals surface area contributed by atoms with Crippen molar-refractivity contribution in [3.63, 3.8) is 0 Å². The molecule has 0 bridgehead atoms. The molecule has 5 rings (SSSR count). The first-order valence-electron chi connectivity index (χ1n) is 13.5. The first-order valence-corrected chi connectivity index (χ1v) is 16.8. The summed E-state index contributed by atoms with van der Waals surface area (Å²) in [5.41, 5.74) is 1.31. The molecule has 2 fully saturated rings. The van der Waals surface area contributed by atoms with Crippen molar-refractivity contribution in [3.8, 4) is 0 Å². The lowest BCUT2D eigenvalue weighted by atomic mass is 9.73. The van der Waals surface area contributed by atoms with Gasteiger partial charge in [0.2, 0.25) is 5.91 Å². The number of ketones is 1. The molecule has 7 nitrogen and oxygen atoms in total. The van der Waals surface area contributed by atoms with Gasteiger partial charge in [-0.1, -0.05) is 32.4 Å². The Morgan fingerprint density at radius 2 is 1.95 bits per heavy atom. The molecule has 210 valence electrons. The summed E-state index contributed by atoms with van der Waals surface area (Å²) in [5, 5.41) is 0.122. The van der Waals surface area contributed by atoms with Gasteiger partial charge in [0.1, 0.15) is 11.7 Å². The third-order valence-corrected chi connectivity index (χ3v) is 14.4. The van der Waals surface area contributed by atoms with Crippen LogP contribution in [0.1, 0.15) is 40.0 Å². The summed E-state index contributed by atoms with van der Waals surface area (Å²) < 4.78 is 26.8. The lowest BCUT2D eigenvalue weighted by molar-refractivity contribution is -0.146. The van der Waals surface area contributed by atoms with Gasteiger partial charge in [-0.05, 0) is 60.2 Å². The summed E-state index contributed by atoms with van der Waals surface area (Å²) in [5.74, 6) is -2.96. The van der Waals surface area contributed by atoms with Crippen molar-refractivity contribution in [2.75, 3.05) is 26.8 Å². The molecule has 0 aromatic rings. The zero-order chi connectivity index (χ0) is 28.5. The molecule has 1 spiro atoms. The number of aliphatic imine (C=N–C) groups is 1. The van der Waals surface area contributed by atoms with Gasteiger partial charge >= 0.3 is 5.97 Å². The Balaban J connectivity index is 1.57. The SMILES string of the molecule is COC(=O)C1CN2C(=O)C(CCO[Si](C)(C)C(C)(C)C)C3(CC3)C2C2=C1C1=CC(=O)C=C(F)/C1=C(\Cl)C=NC2. The summed E-state index contributed by atoms with van der Waals surface area (Å²) in [4.78, 5) is 45.9. The van der Waals surface area contributed by atoms with E-state index in [1.165, 1.54) is 19.4 Å². The number of esters is 1. The number of amides is 1. The number of ether oxygens (including phenoxy) is 1.